The van der Waals surface area contributed by atoms with Crippen LogP contribution in [0, 0.1) is 0 Å². The maximum absolute atomic E-state index is 13.7. The third-order valence-electron chi connectivity index (χ3n) is 5.40. The van der Waals surface area contributed by atoms with E-state index in [1.165, 1.54) is 4.90 Å². The van der Waals surface area contributed by atoms with Crippen molar-refractivity contribution < 1.29 is 14.3 Å². The van der Waals surface area contributed by atoms with Crippen LogP contribution in [0.15, 0.2) is 71.2 Å². The lowest BCUT2D eigenvalue weighted by Crippen LogP contribution is -2.55. The molecule has 0 fully saturated rings. The van der Waals surface area contributed by atoms with E-state index in [2.05, 4.69) is 21.2 Å². The average Bonchev–Trinajstić information content (AvgIpc) is 2.81. The maximum atomic E-state index is 13.7. The topological polar surface area (TPSA) is 58.6 Å². The Hall–Kier alpha value is -2.25. The summed E-state index contributed by atoms with van der Waals surface area (Å²) in [6.07, 6.45) is 0.287. The monoisotopic (exact) mass is 624 g/mol. The lowest BCUT2D eigenvalue weighted by molar-refractivity contribution is -0.143. The van der Waals surface area contributed by atoms with Gasteiger partial charge in [-0.25, -0.2) is 0 Å². The summed E-state index contributed by atoms with van der Waals surface area (Å²) >= 11 is 22.6. The fourth-order valence-corrected chi connectivity index (χ4v) is 4.92. The van der Waals surface area contributed by atoms with Crippen molar-refractivity contribution in [2.45, 2.75) is 45.3 Å². The third-order valence-corrected chi connectivity index (χ3v) is 6.90. The van der Waals surface area contributed by atoms with Gasteiger partial charge in [-0.2, -0.15) is 0 Å². The van der Waals surface area contributed by atoms with Crippen LogP contribution >= 0.6 is 50.7 Å². The fourth-order valence-electron chi connectivity index (χ4n) is 3.68. The molecule has 3 aromatic rings. The molecule has 1 N–H and O–H groups in total. The number of halogens is 4. The van der Waals surface area contributed by atoms with Gasteiger partial charge in [0.25, 0.3) is 5.91 Å². The van der Waals surface area contributed by atoms with E-state index >= 15 is 0 Å². The molecule has 0 saturated heterocycles. The lowest BCUT2D eigenvalue weighted by Gasteiger charge is -2.34. The Kier molecular flexibility index (Phi) is 10.3. The zero-order valence-corrected chi connectivity index (χ0v) is 24.6. The molecule has 0 aliphatic carbocycles. The van der Waals surface area contributed by atoms with E-state index < -0.39 is 17.5 Å². The molecule has 0 saturated carbocycles. The predicted molar refractivity (Wildman–Crippen MR) is 153 cm³/mol. The van der Waals surface area contributed by atoms with Crippen molar-refractivity contribution in [3.63, 3.8) is 0 Å². The van der Waals surface area contributed by atoms with Crippen LogP contribution in [0.3, 0.4) is 0 Å². The molecule has 0 spiro atoms. The van der Waals surface area contributed by atoms with Gasteiger partial charge in [0.15, 0.2) is 6.61 Å². The highest BCUT2D eigenvalue weighted by Crippen LogP contribution is 2.29. The molecule has 1 atom stereocenters. The molecular formula is C28H28BrCl3N2O3. The number of ether oxygens (including phenoxy) is 1. The normalized spacial score (nSPS) is 12.1. The van der Waals surface area contributed by atoms with Crippen molar-refractivity contribution >= 4 is 62.5 Å². The quantitative estimate of drug-likeness (QED) is 0.270. The minimum Gasteiger partial charge on any atom is -0.482 e. The van der Waals surface area contributed by atoms with E-state index in [9.17, 15) is 9.59 Å². The van der Waals surface area contributed by atoms with E-state index in [4.69, 9.17) is 39.5 Å². The summed E-state index contributed by atoms with van der Waals surface area (Å²) in [4.78, 5) is 28.8. The summed E-state index contributed by atoms with van der Waals surface area (Å²) in [5, 5.41) is 4.17. The van der Waals surface area contributed by atoms with Gasteiger partial charge in [0.1, 0.15) is 11.8 Å². The van der Waals surface area contributed by atoms with Crippen LogP contribution in [0.5, 0.6) is 5.75 Å². The van der Waals surface area contributed by atoms with Gasteiger partial charge in [-0.15, -0.1) is 0 Å². The van der Waals surface area contributed by atoms with Crippen molar-refractivity contribution in [1.29, 1.82) is 0 Å². The second-order valence-corrected chi connectivity index (χ2v) is 11.7. The predicted octanol–water partition coefficient (Wildman–Crippen LogP) is 7.34. The first-order chi connectivity index (χ1) is 17.4. The zero-order chi connectivity index (χ0) is 27.2. The molecule has 0 aromatic heterocycles. The molecule has 5 nitrogen and oxygen atoms in total. The SMILES string of the molecule is CC(C)(C)NC(=O)C(Cc1ccccc1)N(Cc1c(Cl)cccc1Cl)C(=O)COc1ccc(Br)cc1Cl. The van der Waals surface area contributed by atoms with Gasteiger partial charge in [-0.3, -0.25) is 9.59 Å². The Morgan fingerprint density at radius 1 is 0.946 bits per heavy atom. The van der Waals surface area contributed by atoms with Crippen LogP contribution in [0.25, 0.3) is 0 Å². The molecule has 0 aliphatic heterocycles. The number of benzene rings is 3. The second-order valence-electron chi connectivity index (χ2n) is 9.53. The largest absolute Gasteiger partial charge is 0.482 e. The molecule has 3 rings (SSSR count). The first-order valence-corrected chi connectivity index (χ1v) is 13.5. The molecule has 1 unspecified atom stereocenters. The molecule has 2 amide bonds. The summed E-state index contributed by atoms with van der Waals surface area (Å²) in [5.74, 6) is -0.359. The lowest BCUT2D eigenvalue weighted by atomic mass is 10.0. The standard InChI is InChI=1S/C28H28BrCl3N2O3/c1-28(2,3)33-27(36)24(14-18-8-5-4-6-9-18)34(16-20-21(30)10-7-11-22(20)31)26(35)17-37-25-13-12-19(29)15-23(25)32/h4-13,15,24H,14,16-17H2,1-3H3,(H,33,36). The minimum atomic E-state index is -0.856. The summed E-state index contributed by atoms with van der Waals surface area (Å²) in [6, 6.07) is 18.9. The highest BCUT2D eigenvalue weighted by molar-refractivity contribution is 9.10. The number of nitrogens with one attached hydrogen (secondary N) is 1. The molecule has 37 heavy (non-hydrogen) atoms. The first kappa shape index (κ1) is 29.3. The van der Waals surface area contributed by atoms with Gasteiger partial charge in [0, 0.05) is 38.6 Å². The number of carbonyl (C=O) groups excluding carboxylic acids is 2. The Morgan fingerprint density at radius 2 is 1.59 bits per heavy atom. The molecule has 0 heterocycles. The van der Waals surface area contributed by atoms with Gasteiger partial charge in [0.05, 0.1) is 5.02 Å². The summed E-state index contributed by atoms with van der Waals surface area (Å²) in [7, 11) is 0. The number of amides is 2. The number of hydrogen-bond donors (Lipinski definition) is 1. The Morgan fingerprint density at radius 3 is 2.19 bits per heavy atom. The Labute approximate surface area is 241 Å². The number of rotatable bonds is 9. The number of carbonyl (C=O) groups is 2. The van der Waals surface area contributed by atoms with E-state index in [0.29, 0.717) is 26.4 Å². The zero-order valence-electron chi connectivity index (χ0n) is 20.7. The second kappa shape index (κ2) is 13.0. The van der Waals surface area contributed by atoms with Crippen LogP contribution < -0.4 is 10.1 Å². The van der Waals surface area contributed by atoms with Crippen LogP contribution in [-0.4, -0.2) is 34.9 Å². The van der Waals surface area contributed by atoms with Crippen LogP contribution in [0.4, 0.5) is 0 Å². The van der Waals surface area contributed by atoms with Gasteiger partial charge in [-0.1, -0.05) is 87.1 Å². The summed E-state index contributed by atoms with van der Waals surface area (Å²) in [6.45, 7) is 5.35. The third kappa shape index (κ3) is 8.64. The molecule has 0 aliphatic rings. The molecule has 9 heteroatoms. The number of nitrogens with zero attached hydrogens (tertiary/aromatic N) is 1. The molecule has 3 aromatic carbocycles. The van der Waals surface area contributed by atoms with Gasteiger partial charge in [-0.05, 0) is 56.7 Å². The van der Waals surface area contributed by atoms with Crippen LogP contribution in [-0.2, 0) is 22.6 Å². The maximum Gasteiger partial charge on any atom is 0.261 e. The van der Waals surface area contributed by atoms with Gasteiger partial charge in [0.2, 0.25) is 5.91 Å². The molecule has 0 radical (unpaired) electrons. The van der Waals surface area contributed by atoms with Crippen LogP contribution in [0.1, 0.15) is 31.9 Å². The highest BCUT2D eigenvalue weighted by atomic mass is 79.9. The molecule has 196 valence electrons. The summed E-state index contributed by atoms with van der Waals surface area (Å²) in [5.41, 5.74) is 0.934. The smallest absolute Gasteiger partial charge is 0.261 e. The number of hydrogen-bond acceptors (Lipinski definition) is 3. The minimum absolute atomic E-state index is 0.0177. The van der Waals surface area contributed by atoms with E-state index in [1.54, 1.807) is 36.4 Å². The van der Waals surface area contributed by atoms with Crippen molar-refractivity contribution in [3.05, 3.63) is 97.4 Å². The van der Waals surface area contributed by atoms with E-state index in [0.717, 1.165) is 10.0 Å². The van der Waals surface area contributed by atoms with E-state index in [-0.39, 0.29) is 25.5 Å². The summed E-state index contributed by atoms with van der Waals surface area (Å²) < 4.78 is 6.56. The first-order valence-electron chi connectivity index (χ1n) is 11.6. The Bertz CT molecular complexity index is 1230. The average molecular weight is 627 g/mol. The Balaban J connectivity index is 1.99. The van der Waals surface area contributed by atoms with Crippen LogP contribution in [0.2, 0.25) is 15.1 Å². The van der Waals surface area contributed by atoms with Gasteiger partial charge < -0.3 is 15.0 Å². The highest BCUT2D eigenvalue weighted by Gasteiger charge is 2.33. The van der Waals surface area contributed by atoms with Crippen molar-refractivity contribution in [2.75, 3.05) is 6.61 Å². The van der Waals surface area contributed by atoms with Gasteiger partial charge >= 0.3 is 0 Å². The van der Waals surface area contributed by atoms with Crippen molar-refractivity contribution in [1.82, 2.24) is 10.2 Å². The van der Waals surface area contributed by atoms with Crippen molar-refractivity contribution in [3.8, 4) is 5.75 Å². The molecule has 0 bridgehead atoms. The fraction of sp³-hybridized carbons (Fsp3) is 0.286. The van der Waals surface area contributed by atoms with Crippen molar-refractivity contribution in [2.24, 2.45) is 0 Å². The van der Waals surface area contributed by atoms with E-state index in [1.807, 2.05) is 51.1 Å². The molecular weight excluding hydrogens is 599 g/mol.